The summed E-state index contributed by atoms with van der Waals surface area (Å²) < 4.78 is 4.94. The average molecular weight is 474 g/mol. The number of carboxylic acid groups (broad SMARTS) is 2. The van der Waals surface area contributed by atoms with E-state index in [4.69, 9.17) is 4.74 Å². The maximum absolute atomic E-state index is 13.2. The number of carbonyl (C=O) groups excluding carboxylic acids is 2. The van der Waals surface area contributed by atoms with E-state index < -0.39 is 41.9 Å². The maximum Gasteiger partial charge on any atom is 0.326 e. The molecular formula is C24H31N3O7. The van der Waals surface area contributed by atoms with Crippen LogP contribution < -0.4 is 5.32 Å². The monoisotopic (exact) mass is 473 g/mol. The second-order valence-corrected chi connectivity index (χ2v) is 8.38. The molecule has 1 saturated heterocycles. The number of ether oxygens (including phenoxy) is 1. The minimum atomic E-state index is -1.12. The molecule has 1 aromatic carbocycles. The van der Waals surface area contributed by atoms with E-state index in [1.807, 2.05) is 30.5 Å². The number of likely N-dealkylation sites (tertiary alicyclic amines) is 1. The van der Waals surface area contributed by atoms with E-state index in [1.165, 1.54) is 4.90 Å². The first-order chi connectivity index (χ1) is 16.3. The smallest absolute Gasteiger partial charge is 0.326 e. The van der Waals surface area contributed by atoms with Gasteiger partial charge in [-0.2, -0.15) is 0 Å². The average Bonchev–Trinajstić information content (AvgIpc) is 3.46. The number of aryl methyl sites for hydroxylation is 1. The number of H-pyrrole nitrogens is 1. The van der Waals surface area contributed by atoms with E-state index in [-0.39, 0.29) is 32.4 Å². The number of esters is 1. The highest BCUT2D eigenvalue weighted by Gasteiger charge is 2.38. The normalized spacial score (nSPS) is 17.4. The number of carboxylic acids is 2. The summed E-state index contributed by atoms with van der Waals surface area (Å²) in [4.78, 5) is 53.2. The molecule has 3 rings (SSSR count). The molecule has 1 aliphatic heterocycles. The molecule has 10 heteroatoms. The Morgan fingerprint density at radius 3 is 2.65 bits per heavy atom. The second-order valence-electron chi connectivity index (χ2n) is 8.38. The molecule has 1 aliphatic rings. The van der Waals surface area contributed by atoms with Gasteiger partial charge in [0.25, 0.3) is 0 Å². The summed E-state index contributed by atoms with van der Waals surface area (Å²) >= 11 is 0. The van der Waals surface area contributed by atoms with Crippen molar-refractivity contribution in [3.63, 3.8) is 0 Å². The number of amides is 1. The van der Waals surface area contributed by atoms with Crippen LogP contribution in [0.25, 0.3) is 10.9 Å². The van der Waals surface area contributed by atoms with Crippen molar-refractivity contribution in [1.82, 2.24) is 15.2 Å². The van der Waals surface area contributed by atoms with Gasteiger partial charge in [-0.05, 0) is 50.7 Å². The molecule has 1 aromatic heterocycles. The number of aromatic nitrogens is 1. The Hall–Kier alpha value is -3.40. The van der Waals surface area contributed by atoms with Gasteiger partial charge in [-0.25, -0.2) is 4.79 Å². The third kappa shape index (κ3) is 6.13. The molecule has 3 atom stereocenters. The van der Waals surface area contributed by atoms with Gasteiger partial charge in [-0.1, -0.05) is 18.2 Å². The van der Waals surface area contributed by atoms with Gasteiger partial charge in [0, 0.05) is 30.1 Å². The summed E-state index contributed by atoms with van der Waals surface area (Å²) in [5.74, 6) is -3.22. The highest BCUT2D eigenvalue weighted by Crippen LogP contribution is 2.22. The Morgan fingerprint density at radius 2 is 1.94 bits per heavy atom. The van der Waals surface area contributed by atoms with Gasteiger partial charge in [0.05, 0.1) is 12.6 Å². The molecule has 1 amide bonds. The number of aromatic amines is 1. The van der Waals surface area contributed by atoms with E-state index in [9.17, 15) is 29.4 Å². The molecule has 1 fully saturated rings. The van der Waals surface area contributed by atoms with Gasteiger partial charge >= 0.3 is 17.9 Å². The van der Waals surface area contributed by atoms with Crippen LogP contribution in [0.2, 0.25) is 0 Å². The number of carbonyl (C=O) groups is 4. The molecule has 34 heavy (non-hydrogen) atoms. The molecule has 2 heterocycles. The summed E-state index contributed by atoms with van der Waals surface area (Å²) in [6.45, 7) is 2.15. The molecule has 10 nitrogen and oxygen atoms in total. The van der Waals surface area contributed by atoms with Crippen LogP contribution in [0.1, 0.15) is 44.6 Å². The SMILES string of the molecule is CCOC(=O)CCC(NC(CCc1c[nH]c2ccccc12)C(=O)O)C(=O)N1CCC[C@H]1C(=O)O. The standard InChI is InChI=1S/C24H31N3O7/c1-2-34-21(28)12-11-18(22(29)27-13-5-8-20(27)24(32)33)26-19(23(30)31)10-9-15-14-25-17-7-4-3-6-16(15)17/h3-4,6-7,14,18-20,25-26H,2,5,8-13H2,1H3,(H,30,31)(H,32,33)/t18?,19?,20-/m0/s1. The van der Waals surface area contributed by atoms with Gasteiger partial charge in [-0.3, -0.25) is 19.7 Å². The van der Waals surface area contributed by atoms with Crippen molar-refractivity contribution in [2.24, 2.45) is 0 Å². The lowest BCUT2D eigenvalue weighted by Crippen LogP contribution is -2.54. The Bertz CT molecular complexity index is 1030. The molecular weight excluding hydrogens is 442 g/mol. The minimum absolute atomic E-state index is 0.0113. The van der Waals surface area contributed by atoms with Crippen molar-refractivity contribution < 1.29 is 34.1 Å². The van der Waals surface area contributed by atoms with Gasteiger partial charge in [0.15, 0.2) is 0 Å². The summed E-state index contributed by atoms with van der Waals surface area (Å²) in [6.07, 6.45) is 3.32. The number of rotatable bonds is 12. The van der Waals surface area contributed by atoms with Crippen LogP contribution in [-0.2, 0) is 30.3 Å². The number of hydrogen-bond donors (Lipinski definition) is 4. The molecule has 0 radical (unpaired) electrons. The molecule has 0 aliphatic carbocycles. The second kappa shape index (κ2) is 11.6. The predicted molar refractivity (Wildman–Crippen MR) is 123 cm³/mol. The number of fused-ring (bicyclic) bond motifs is 1. The lowest BCUT2D eigenvalue weighted by Gasteiger charge is -2.29. The van der Waals surface area contributed by atoms with Crippen LogP contribution in [0.4, 0.5) is 0 Å². The van der Waals surface area contributed by atoms with Crippen molar-refractivity contribution in [2.75, 3.05) is 13.2 Å². The molecule has 184 valence electrons. The quantitative estimate of drug-likeness (QED) is 0.342. The van der Waals surface area contributed by atoms with Gasteiger partial charge < -0.3 is 24.8 Å². The number of aliphatic carboxylic acids is 2. The van der Waals surface area contributed by atoms with Crippen molar-refractivity contribution in [1.29, 1.82) is 0 Å². The maximum atomic E-state index is 13.2. The Labute approximate surface area is 197 Å². The molecule has 4 N–H and O–H groups in total. The number of hydrogen-bond acceptors (Lipinski definition) is 6. The fraction of sp³-hybridized carbons (Fsp3) is 0.500. The highest BCUT2D eigenvalue weighted by atomic mass is 16.5. The van der Waals surface area contributed by atoms with Crippen LogP contribution in [-0.4, -0.2) is 75.2 Å². The largest absolute Gasteiger partial charge is 0.480 e. The summed E-state index contributed by atoms with van der Waals surface area (Å²) in [5.41, 5.74) is 1.91. The number of benzene rings is 1. The third-order valence-corrected chi connectivity index (χ3v) is 6.14. The van der Waals surface area contributed by atoms with Crippen LogP contribution >= 0.6 is 0 Å². The Morgan fingerprint density at radius 1 is 1.18 bits per heavy atom. The third-order valence-electron chi connectivity index (χ3n) is 6.14. The highest BCUT2D eigenvalue weighted by molar-refractivity contribution is 5.88. The first-order valence-corrected chi connectivity index (χ1v) is 11.5. The molecule has 0 bridgehead atoms. The Balaban J connectivity index is 1.74. The van der Waals surface area contributed by atoms with Crippen molar-refractivity contribution in [2.45, 2.75) is 63.6 Å². The first-order valence-electron chi connectivity index (χ1n) is 11.5. The fourth-order valence-corrected chi connectivity index (χ4v) is 4.42. The summed E-state index contributed by atoms with van der Waals surface area (Å²) in [7, 11) is 0. The van der Waals surface area contributed by atoms with Gasteiger partial charge in [-0.15, -0.1) is 0 Å². The van der Waals surface area contributed by atoms with E-state index >= 15 is 0 Å². The zero-order valence-electron chi connectivity index (χ0n) is 19.2. The summed E-state index contributed by atoms with van der Waals surface area (Å²) in [5, 5.41) is 23.2. The van der Waals surface area contributed by atoms with Crippen LogP contribution in [0, 0.1) is 0 Å². The van der Waals surface area contributed by atoms with Crippen LogP contribution in [0.3, 0.4) is 0 Å². The van der Waals surface area contributed by atoms with Crippen LogP contribution in [0.5, 0.6) is 0 Å². The van der Waals surface area contributed by atoms with Crippen molar-refractivity contribution in [3.8, 4) is 0 Å². The van der Waals surface area contributed by atoms with Crippen molar-refractivity contribution in [3.05, 3.63) is 36.0 Å². The molecule has 0 saturated carbocycles. The van der Waals surface area contributed by atoms with E-state index in [2.05, 4.69) is 10.3 Å². The van der Waals surface area contributed by atoms with E-state index in [0.29, 0.717) is 19.3 Å². The minimum Gasteiger partial charge on any atom is -0.480 e. The Kier molecular flexibility index (Phi) is 8.64. The number of nitrogens with zero attached hydrogens (tertiary/aromatic N) is 1. The van der Waals surface area contributed by atoms with Gasteiger partial charge in [0.2, 0.25) is 5.91 Å². The topological polar surface area (TPSA) is 149 Å². The zero-order chi connectivity index (χ0) is 24.7. The molecule has 0 spiro atoms. The number of nitrogens with one attached hydrogen (secondary N) is 2. The van der Waals surface area contributed by atoms with E-state index in [1.54, 1.807) is 6.92 Å². The number of para-hydroxylation sites is 1. The van der Waals surface area contributed by atoms with E-state index in [0.717, 1.165) is 16.5 Å². The van der Waals surface area contributed by atoms with Crippen LogP contribution in [0.15, 0.2) is 30.5 Å². The van der Waals surface area contributed by atoms with Gasteiger partial charge in [0.1, 0.15) is 12.1 Å². The lowest BCUT2D eigenvalue weighted by atomic mass is 10.0. The van der Waals surface area contributed by atoms with Crippen molar-refractivity contribution >= 4 is 34.7 Å². The predicted octanol–water partition coefficient (Wildman–Crippen LogP) is 1.93. The first kappa shape index (κ1) is 25.2. The fourth-order valence-electron chi connectivity index (χ4n) is 4.42. The summed E-state index contributed by atoms with van der Waals surface area (Å²) in [6, 6.07) is 4.68. The molecule has 2 unspecified atom stereocenters. The molecule has 2 aromatic rings. The zero-order valence-corrected chi connectivity index (χ0v) is 19.2. The lowest BCUT2D eigenvalue weighted by molar-refractivity contribution is -0.150.